The number of benzene rings is 3. The number of esters is 2. The number of nitrogens with one attached hydrogen (secondary N) is 4. The molecular formula is C38H45Cl2N7O10P2. The van der Waals surface area contributed by atoms with Gasteiger partial charge in [-0.15, -0.1) is 0 Å². The highest BCUT2D eigenvalue weighted by atomic mass is 35.5. The molecule has 0 bridgehead atoms. The molecule has 2 amide bonds. The molecule has 1 fully saturated rings. The van der Waals surface area contributed by atoms with E-state index in [0.29, 0.717) is 5.75 Å². The van der Waals surface area contributed by atoms with Crippen molar-refractivity contribution in [3.63, 3.8) is 0 Å². The van der Waals surface area contributed by atoms with Crippen LogP contribution in [0.25, 0.3) is 0 Å². The number of carbonyl (C=O) groups is 4. The lowest BCUT2D eigenvalue weighted by Crippen LogP contribution is -2.47. The van der Waals surface area contributed by atoms with Crippen molar-refractivity contribution in [2.45, 2.75) is 64.8 Å². The number of halogens is 2. The highest BCUT2D eigenvalue weighted by Gasteiger charge is 2.41. The van der Waals surface area contributed by atoms with Crippen LogP contribution in [0.5, 0.6) is 11.5 Å². The van der Waals surface area contributed by atoms with Crippen molar-refractivity contribution in [1.82, 2.24) is 29.7 Å². The minimum absolute atomic E-state index is 0.0287. The van der Waals surface area contributed by atoms with Crippen molar-refractivity contribution in [1.29, 1.82) is 0 Å². The third kappa shape index (κ3) is 11.7. The van der Waals surface area contributed by atoms with Gasteiger partial charge in [-0.05, 0) is 76.9 Å². The third-order valence-electron chi connectivity index (χ3n) is 8.72. The number of aromatic nitrogens is 2. The number of anilines is 1. The number of para-hydroxylation sites is 2. The Morgan fingerprint density at radius 2 is 1.27 bits per heavy atom. The second-order valence-electron chi connectivity index (χ2n) is 13.6. The average Bonchev–Trinajstić information content (AvgIpc) is 3.63. The van der Waals surface area contributed by atoms with Crippen LogP contribution in [-0.2, 0) is 28.2 Å². The van der Waals surface area contributed by atoms with Gasteiger partial charge in [0.25, 0.3) is 11.8 Å². The molecule has 5 rings (SSSR count). The monoisotopic (exact) mass is 891 g/mol. The van der Waals surface area contributed by atoms with E-state index in [9.17, 15) is 28.3 Å². The first-order valence-corrected chi connectivity index (χ1v) is 22.4. The van der Waals surface area contributed by atoms with Crippen LogP contribution in [0.2, 0.25) is 10.0 Å². The van der Waals surface area contributed by atoms with E-state index in [1.54, 1.807) is 73.1 Å². The van der Waals surface area contributed by atoms with Crippen LogP contribution in [0.3, 0.4) is 0 Å². The Balaban J connectivity index is 1.42. The molecule has 316 valence electrons. The molecule has 1 saturated heterocycles. The molecule has 2 heterocycles. The van der Waals surface area contributed by atoms with Crippen LogP contribution in [0.15, 0.2) is 85.1 Å². The van der Waals surface area contributed by atoms with E-state index in [4.69, 9.17) is 41.7 Å². The van der Waals surface area contributed by atoms with E-state index >= 15 is 0 Å². The number of rotatable bonds is 17. The summed E-state index contributed by atoms with van der Waals surface area (Å²) in [6, 6.07) is 18.4. The van der Waals surface area contributed by atoms with Crippen LogP contribution in [0.1, 0.15) is 61.4 Å². The topological polar surface area (TPSA) is 209 Å². The molecule has 59 heavy (non-hydrogen) atoms. The first-order valence-electron chi connectivity index (χ1n) is 18.5. The number of amides is 2. The number of carbonyl (C=O) groups excluding carboxylic acids is 4. The number of nitrogens with zero attached hydrogens (tertiary/aromatic N) is 3. The molecule has 2 unspecified atom stereocenters. The summed E-state index contributed by atoms with van der Waals surface area (Å²) in [4.78, 5) is 52.9. The Labute approximate surface area is 351 Å². The predicted molar refractivity (Wildman–Crippen MR) is 222 cm³/mol. The second-order valence-corrected chi connectivity index (χ2v) is 18.4. The largest absolute Gasteiger partial charge is 0.468 e. The van der Waals surface area contributed by atoms with E-state index < -0.39 is 63.3 Å². The summed E-state index contributed by atoms with van der Waals surface area (Å²) in [6.45, 7) is 6.66. The number of hydrogen-bond donors (Lipinski definition) is 4. The van der Waals surface area contributed by atoms with Crippen molar-refractivity contribution in [3.05, 3.63) is 106 Å². The highest BCUT2D eigenvalue weighted by molar-refractivity contribution is 7.55. The van der Waals surface area contributed by atoms with Gasteiger partial charge in [-0.25, -0.2) is 24.0 Å². The normalized spacial score (nSPS) is 16.5. The molecule has 0 saturated carbocycles. The Morgan fingerprint density at radius 3 is 1.81 bits per heavy atom. The van der Waals surface area contributed by atoms with Crippen molar-refractivity contribution in [3.8, 4) is 11.5 Å². The first kappa shape index (κ1) is 45.4. The Kier molecular flexibility index (Phi) is 15.4. The van der Waals surface area contributed by atoms with Crippen molar-refractivity contribution in [2.75, 3.05) is 25.5 Å². The molecule has 1 aliphatic heterocycles. The fourth-order valence-electron chi connectivity index (χ4n) is 5.83. The van der Waals surface area contributed by atoms with Crippen LogP contribution in [0, 0.1) is 0 Å². The van der Waals surface area contributed by atoms with Gasteiger partial charge in [0.05, 0.1) is 40.7 Å². The summed E-state index contributed by atoms with van der Waals surface area (Å²) in [5, 5.41) is 15.4. The summed E-state index contributed by atoms with van der Waals surface area (Å²) in [5.74, 6) is -2.50. The molecule has 17 nitrogen and oxygen atoms in total. The van der Waals surface area contributed by atoms with Gasteiger partial charge in [0.1, 0.15) is 23.6 Å². The Hall–Kier alpha value is -4.73. The maximum Gasteiger partial charge on any atom is 0.440 e. The lowest BCUT2D eigenvalue weighted by atomic mass is 10.1. The Morgan fingerprint density at radius 1 is 0.746 bits per heavy atom. The molecule has 3 aromatic carbocycles. The summed E-state index contributed by atoms with van der Waals surface area (Å²) in [6.07, 6.45) is 1.27. The van der Waals surface area contributed by atoms with Gasteiger partial charge in [-0.1, -0.05) is 65.7 Å². The summed E-state index contributed by atoms with van der Waals surface area (Å²) in [5.41, 5.74) is -0.658. The van der Waals surface area contributed by atoms with Crippen molar-refractivity contribution < 1.29 is 46.8 Å². The predicted octanol–water partition coefficient (Wildman–Crippen LogP) is 6.94. The summed E-state index contributed by atoms with van der Waals surface area (Å²) < 4.78 is 53.7. The SMILES string of the molecule is COC(=O)[C@H](C)NP(=O)(Oc1ccccc1)n1cc(NC(=O)c2c(Cl)cccc2Cl)c(C(=O)NC2CCN(P(=O)(N[C@@H](C)C(=O)OC(C)C)Oc3ccccc3)CC2)n1. The van der Waals surface area contributed by atoms with Gasteiger partial charge >= 0.3 is 27.3 Å². The third-order valence-corrected chi connectivity index (χ3v) is 13.6. The highest BCUT2D eigenvalue weighted by Crippen LogP contribution is 2.49. The maximum absolute atomic E-state index is 14.7. The van der Waals surface area contributed by atoms with Crippen LogP contribution >= 0.6 is 38.5 Å². The standard InChI is InChI=1S/C38H45Cl2N7O10P2/c1-24(2)55-38(51)26(4)44-58(52,56-28-13-8-6-9-14-28)46-21-19-27(20-22-46)41-36(49)34-32(42-35(48)33-30(39)17-12-18-31(33)40)23-47(43-34)59(53,45-25(3)37(50)54-5)57-29-15-10-7-11-16-29/h6-18,23-27H,19-22H2,1-5H3,(H,41,49)(H,42,48)(H,44,52)(H,45,53)/t25-,26-,58?,59?/m0/s1. The lowest BCUT2D eigenvalue weighted by molar-refractivity contribution is -0.149. The van der Waals surface area contributed by atoms with E-state index in [1.807, 2.05) is 0 Å². The van der Waals surface area contributed by atoms with Gasteiger partial charge in [0.2, 0.25) is 0 Å². The minimum atomic E-state index is -4.44. The molecule has 4 aromatic rings. The molecule has 1 aliphatic rings. The van der Waals surface area contributed by atoms with E-state index in [2.05, 4.69) is 25.9 Å². The molecule has 21 heteroatoms. The number of hydrogen-bond acceptors (Lipinski definition) is 11. The molecule has 4 atom stereocenters. The molecular weight excluding hydrogens is 847 g/mol. The zero-order chi connectivity index (χ0) is 42.9. The lowest BCUT2D eigenvalue weighted by Gasteiger charge is -2.37. The molecule has 1 aromatic heterocycles. The minimum Gasteiger partial charge on any atom is -0.468 e. The quantitative estimate of drug-likeness (QED) is 0.0626. The van der Waals surface area contributed by atoms with Crippen LogP contribution in [-0.4, -0.2) is 82.4 Å². The fraction of sp³-hybridized carbons (Fsp3) is 0.342. The van der Waals surface area contributed by atoms with Crippen LogP contribution < -0.4 is 29.9 Å². The van der Waals surface area contributed by atoms with Gasteiger partial charge in [-0.2, -0.15) is 9.55 Å². The zero-order valence-electron chi connectivity index (χ0n) is 32.8. The number of methoxy groups -OCH3 is 1. The van der Waals surface area contributed by atoms with E-state index in [1.165, 1.54) is 38.1 Å². The smallest absolute Gasteiger partial charge is 0.440 e. The summed E-state index contributed by atoms with van der Waals surface area (Å²) >= 11 is 12.6. The number of ether oxygens (including phenoxy) is 2. The molecule has 4 N–H and O–H groups in total. The van der Waals surface area contributed by atoms with Crippen molar-refractivity contribution >= 4 is 68.0 Å². The van der Waals surface area contributed by atoms with Crippen LogP contribution in [0.4, 0.5) is 5.69 Å². The molecule has 0 aliphatic carbocycles. The van der Waals surface area contributed by atoms with Gasteiger partial charge in [0, 0.05) is 19.1 Å². The number of piperidine rings is 1. The molecule has 0 spiro atoms. The fourth-order valence-corrected chi connectivity index (χ4v) is 10.2. The van der Waals surface area contributed by atoms with Gasteiger partial charge in [-0.3, -0.25) is 19.2 Å². The van der Waals surface area contributed by atoms with Gasteiger partial charge in [0.15, 0.2) is 5.69 Å². The first-order chi connectivity index (χ1) is 28.0. The van der Waals surface area contributed by atoms with Crippen molar-refractivity contribution in [2.24, 2.45) is 0 Å². The zero-order valence-corrected chi connectivity index (χ0v) is 36.1. The average molecular weight is 893 g/mol. The molecule has 0 radical (unpaired) electrons. The van der Waals surface area contributed by atoms with Gasteiger partial charge < -0.3 is 29.2 Å². The summed E-state index contributed by atoms with van der Waals surface area (Å²) in [7, 11) is -7.20. The van der Waals surface area contributed by atoms with E-state index in [-0.39, 0.29) is 58.7 Å². The maximum atomic E-state index is 14.7. The Bertz CT molecular complexity index is 2200. The van der Waals surface area contributed by atoms with E-state index in [0.717, 1.165) is 17.8 Å². The second kappa shape index (κ2) is 20.0.